The van der Waals surface area contributed by atoms with Crippen LogP contribution in [-0.4, -0.2) is 314 Å². The second kappa shape index (κ2) is 50.2. The Morgan fingerprint density at radius 3 is 1.70 bits per heavy atom. The number of aromatic amines is 3. The van der Waals surface area contributed by atoms with E-state index in [1.807, 2.05) is 6.92 Å². The fourth-order valence-electron chi connectivity index (χ4n) is 17.4. The number of phenolic OH excluding ortho intramolecular Hbond substituents is 1. The molecular formula is C93H126N22O22S. The zero-order chi connectivity index (χ0) is 100. The molecule has 17 amide bonds. The number of nitrogens with one attached hydrogen (secondary N) is 13. The first-order valence-electron chi connectivity index (χ1n) is 46.3. The molecule has 0 aliphatic carbocycles. The first-order valence-corrected chi connectivity index (χ1v) is 47.5. The number of hydrogen-bond donors (Lipinski definition) is 20. The second-order valence-corrected chi connectivity index (χ2v) is 36.3. The van der Waals surface area contributed by atoms with Crippen LogP contribution in [0.4, 0.5) is 0 Å². The van der Waals surface area contributed by atoms with Crippen molar-refractivity contribution >= 4 is 140 Å². The third-order valence-electron chi connectivity index (χ3n) is 25.3. The van der Waals surface area contributed by atoms with E-state index in [4.69, 9.17) is 17.2 Å². The van der Waals surface area contributed by atoms with Gasteiger partial charge in [0.25, 0.3) is 5.91 Å². The van der Waals surface area contributed by atoms with Gasteiger partial charge in [0.2, 0.25) is 94.5 Å². The van der Waals surface area contributed by atoms with Crippen molar-refractivity contribution in [1.82, 2.24) is 97.6 Å². The SMILES string of the molecule is CCCC[C@H]1C(=O)N(C)[C@@H](CCCC)C(=O)N[C@@H](CCC(=O)O)C(=O)N[C@H](C(=O)NCC(N)=O)CSCC(=O)N[C@@H](CCc2ccc(O)cc2)C(=O)N(C)[C@@H](C)C(=O)N[C@H]2CC(O)=C3CC[C@@H](C(=O)N[C@@H](Cc4c[nH]cn4)C(=O)N[C@@H](CCC(N)=O)C(=O)N4C[C@H](O)C[C@H]4C(=O)N[C@@H](Cc4c[nH]c5ccccc45)C(=O)N[C@@H](CCCCN)C(=O)N[C@@H](Cc4c[nH]c5ccccc45)C(=O)N1C)N3C2=O. The maximum absolute atomic E-state index is 15.9. The lowest BCUT2D eigenvalue weighted by Crippen LogP contribution is -2.61. The maximum Gasteiger partial charge on any atom is 0.303 e. The van der Waals surface area contributed by atoms with Crippen LogP contribution in [0.25, 0.3) is 21.8 Å². The number of carbonyl (C=O) groups excluding carboxylic acids is 17. The van der Waals surface area contributed by atoms with Gasteiger partial charge in [0.15, 0.2) is 0 Å². The molecular weight excluding hydrogens is 1810 g/mol. The molecule has 0 spiro atoms. The summed E-state index contributed by atoms with van der Waals surface area (Å²) in [4.78, 5) is 282. The average molecular weight is 1940 g/mol. The van der Waals surface area contributed by atoms with Gasteiger partial charge in [-0.05, 0) is 125 Å². The molecule has 0 saturated carbocycles. The Morgan fingerprint density at radius 2 is 1.09 bits per heavy atom. The third kappa shape index (κ3) is 28.4. The van der Waals surface area contributed by atoms with Gasteiger partial charge in [0.05, 0.1) is 36.1 Å². The Morgan fingerprint density at radius 1 is 0.536 bits per heavy atom. The number of benzene rings is 3. The monoisotopic (exact) mass is 1930 g/mol. The van der Waals surface area contributed by atoms with Crippen LogP contribution in [0.3, 0.4) is 0 Å². The minimum atomic E-state index is -1.78. The number of nitrogens with zero attached hydrogens (tertiary/aromatic N) is 6. The number of carbonyl (C=O) groups is 18. The van der Waals surface area contributed by atoms with Crippen molar-refractivity contribution in [2.45, 2.75) is 253 Å². The molecule has 7 heterocycles. The molecule has 44 nitrogen and oxygen atoms in total. The number of nitrogens with two attached hydrogens (primary N) is 3. The van der Waals surface area contributed by atoms with Gasteiger partial charge in [-0.1, -0.05) is 88.1 Å². The summed E-state index contributed by atoms with van der Waals surface area (Å²) in [6.07, 6.45) is 1.71. The number of thioether (sulfide) groups is 1. The third-order valence-corrected chi connectivity index (χ3v) is 26.3. The van der Waals surface area contributed by atoms with Crippen LogP contribution in [0.5, 0.6) is 5.75 Å². The Kier molecular flexibility index (Phi) is 38.6. The number of unbranched alkanes of at least 4 members (excludes halogenated alkanes) is 3. The molecule has 23 N–H and O–H groups in total. The quantitative estimate of drug-likeness (QED) is 0.0254. The number of aryl methyl sites for hydroxylation is 1. The molecule has 2 bridgehead atoms. The normalized spacial score (nSPS) is 24.8. The van der Waals surface area contributed by atoms with Crippen molar-refractivity contribution in [3.63, 3.8) is 0 Å². The lowest BCUT2D eigenvalue weighted by molar-refractivity contribution is -0.149. The number of aliphatic hydroxyl groups excluding tert-OH is 2. The molecule has 4 aliphatic heterocycles. The first kappa shape index (κ1) is 106. The van der Waals surface area contributed by atoms with Crippen LogP contribution < -0.4 is 70.4 Å². The number of fused-ring (bicyclic) bond motifs is 4. The molecule has 138 heavy (non-hydrogen) atoms. The van der Waals surface area contributed by atoms with Gasteiger partial charge in [-0.25, -0.2) is 4.98 Å². The number of aliphatic carboxylic acids is 1. The number of allylic oxidation sites excluding steroid dienone is 1. The summed E-state index contributed by atoms with van der Waals surface area (Å²) in [5.41, 5.74) is 20.2. The number of imidazole rings is 1. The number of carboxylic acids is 1. The lowest BCUT2D eigenvalue weighted by Gasteiger charge is -2.36. The number of para-hydroxylation sites is 2. The molecule has 15 atom stereocenters. The number of amides is 17. The van der Waals surface area contributed by atoms with Crippen LogP contribution in [0, 0.1) is 0 Å². The van der Waals surface area contributed by atoms with Crippen LogP contribution in [-0.2, 0) is 112 Å². The van der Waals surface area contributed by atoms with E-state index in [9.17, 15) is 68.4 Å². The number of aromatic hydroxyl groups is 1. The van der Waals surface area contributed by atoms with E-state index in [-0.39, 0.29) is 94.3 Å². The number of likely N-dealkylation sites (N-methyl/N-ethyl adjacent to an activating group) is 3. The van der Waals surface area contributed by atoms with Crippen LogP contribution in [0.1, 0.15) is 159 Å². The van der Waals surface area contributed by atoms with Gasteiger partial charge in [0.1, 0.15) is 96.1 Å². The Balaban J connectivity index is 1.03. The number of primary amides is 2. The number of H-pyrrole nitrogens is 3. The van der Waals surface area contributed by atoms with E-state index >= 15 is 38.4 Å². The minimum absolute atomic E-state index is 0.00710. The first-order chi connectivity index (χ1) is 65.9. The average Bonchev–Trinajstić information content (AvgIpc) is 1.61. The maximum atomic E-state index is 15.9. The van der Waals surface area contributed by atoms with Crippen LogP contribution in [0.15, 0.2) is 109 Å². The lowest BCUT2D eigenvalue weighted by atomic mass is 9.99. The number of aliphatic hydroxyl groups is 2. The van der Waals surface area contributed by atoms with Crippen LogP contribution >= 0.6 is 11.8 Å². The number of carboxylic acid groups (broad SMARTS) is 1. The molecule has 3 aromatic heterocycles. The summed E-state index contributed by atoms with van der Waals surface area (Å²) in [6.45, 7) is 3.77. The fourth-order valence-corrected chi connectivity index (χ4v) is 18.3. The van der Waals surface area contributed by atoms with Crippen molar-refractivity contribution in [2.75, 3.05) is 52.3 Å². The predicted octanol–water partition coefficient (Wildman–Crippen LogP) is -1.28. The van der Waals surface area contributed by atoms with Gasteiger partial charge >= 0.3 is 5.97 Å². The Hall–Kier alpha value is -14.0. The highest BCUT2D eigenvalue weighted by molar-refractivity contribution is 8.00. The molecule has 4 aliphatic rings. The molecule has 3 aromatic carbocycles. The molecule has 0 radical (unpaired) electrons. The van der Waals surface area contributed by atoms with Gasteiger partial charge in [-0.2, -0.15) is 0 Å². The summed E-state index contributed by atoms with van der Waals surface area (Å²) >= 11 is 0.732. The highest BCUT2D eigenvalue weighted by Gasteiger charge is 2.49. The highest BCUT2D eigenvalue weighted by Crippen LogP contribution is 2.36. The van der Waals surface area contributed by atoms with Gasteiger partial charge in [-0.3, -0.25) is 91.2 Å². The van der Waals surface area contributed by atoms with Crippen molar-refractivity contribution < 1.29 is 107 Å². The van der Waals surface area contributed by atoms with Crippen molar-refractivity contribution in [3.8, 4) is 5.75 Å². The number of hydrogen-bond acceptors (Lipinski definition) is 24. The van der Waals surface area contributed by atoms with Crippen LogP contribution in [0.2, 0.25) is 0 Å². The molecule has 10 rings (SSSR count). The van der Waals surface area contributed by atoms with Crippen molar-refractivity contribution in [1.29, 1.82) is 0 Å². The zero-order valence-corrected chi connectivity index (χ0v) is 78.8. The minimum Gasteiger partial charge on any atom is -0.510 e. The fraction of sp³-hybridized carbons (Fsp3) is 0.516. The summed E-state index contributed by atoms with van der Waals surface area (Å²) in [5, 5.41) is 71.1. The highest BCUT2D eigenvalue weighted by atomic mass is 32.2. The molecule has 3 fully saturated rings. The summed E-state index contributed by atoms with van der Waals surface area (Å²) < 4.78 is 0. The van der Waals surface area contributed by atoms with Crippen molar-refractivity contribution in [3.05, 3.63) is 132 Å². The number of rotatable bonds is 28. The molecule has 746 valence electrons. The summed E-state index contributed by atoms with van der Waals surface area (Å²) in [5.74, 6) is -19.2. The largest absolute Gasteiger partial charge is 0.510 e. The molecule has 6 aromatic rings. The van der Waals surface area contributed by atoms with Gasteiger partial charge < -0.3 is 125 Å². The van der Waals surface area contributed by atoms with Gasteiger partial charge in [-0.15, -0.1) is 11.8 Å². The molecule has 0 unspecified atom stereocenters. The van der Waals surface area contributed by atoms with E-state index in [1.54, 1.807) is 80.0 Å². The molecule has 45 heteroatoms. The number of aromatic nitrogens is 4. The standard InChI is InChI=1S/C93H126N22O22S/c1-7-9-22-71-86(130)104-62(31-35-79(122)123)83(127)110-69(81(125)100-45-77(96)120)47-138-48-78(121)102-63(29-26-51-24-27-55(116)28-25-51)89(133)111(4)50(3)80(124)108-68-41-75(118)70-32-33-72(115(70)92(68)136)87(131)107-66(39-54-44-97-49-101-54)85(129)105-64(30-34-76(95)119)91(135)114-46-56(117)40-74(114)88(132)106-65(37-52-42-98-59-19-13-11-17-57(52)59)84(128)103-61(21-15-16-36-94)82(126)109-67(38-53-43-99-60-20-14-12-18-58(53)60)90(134)113(6)73(23-10-8-2)93(137)112(71)5/h11-14,17-20,24-25,27-28,42-44,49-50,56,61-69,71-74,98-99,116-118H,7-10,15-16,21-23,26,29-41,45-48,94H2,1-6H3,(H2,95,119)(H2,96,120)(H,97,101)(H,100,125)(H,102,121)(H,103,128)(H,104,130)(H,105,129)(H,106,132)(H,107,131)(H,108,124)(H,109,126)(H,110,127)(H,122,123)/t50-,56+,61-,62-,63-,64-,65-,66-,67-,68-,69-,71-,72-,73-,74-/m0/s1. The zero-order valence-electron chi connectivity index (χ0n) is 78.0. The topological polar surface area (TPSA) is 663 Å². The van der Waals surface area contributed by atoms with Crippen molar-refractivity contribution in [2.24, 2.45) is 17.2 Å². The number of phenols is 1. The summed E-state index contributed by atoms with van der Waals surface area (Å²) in [6, 6.07) is -2.11. The Labute approximate surface area is 799 Å². The summed E-state index contributed by atoms with van der Waals surface area (Å²) in [7, 11) is 3.90. The second-order valence-electron chi connectivity index (χ2n) is 35.2. The van der Waals surface area contributed by atoms with E-state index in [1.165, 1.54) is 52.7 Å². The van der Waals surface area contributed by atoms with E-state index in [0.717, 1.165) is 36.3 Å². The predicted molar refractivity (Wildman–Crippen MR) is 502 cm³/mol. The Bertz CT molecular complexity index is 5440. The molecule has 3 saturated heterocycles. The van der Waals surface area contributed by atoms with E-state index in [2.05, 4.69) is 73.1 Å². The van der Waals surface area contributed by atoms with E-state index in [0.29, 0.717) is 64.2 Å². The smallest absolute Gasteiger partial charge is 0.303 e. The van der Waals surface area contributed by atoms with E-state index < -0.39 is 272 Å². The van der Waals surface area contributed by atoms with Gasteiger partial charge in [0, 0.05) is 119 Å².